The fraction of sp³-hybridized carbons (Fsp3) is 0.706. The zero-order valence-electron chi connectivity index (χ0n) is 15.0. The third-order valence-corrected chi connectivity index (χ3v) is 8.99. The minimum absolute atomic E-state index is 0.130. The van der Waals surface area contributed by atoms with Gasteiger partial charge < -0.3 is 10.1 Å². The molecule has 1 aliphatic heterocycles. The SMILES string of the molecule is CCOC(=O)C1(c2cnc(SC)nc2NC2CC[Si](C)(C)C2)CC1. The van der Waals surface area contributed by atoms with E-state index < -0.39 is 13.5 Å². The van der Waals surface area contributed by atoms with E-state index in [0.717, 1.165) is 29.4 Å². The van der Waals surface area contributed by atoms with Crippen LogP contribution in [0.2, 0.25) is 25.2 Å². The van der Waals surface area contributed by atoms with Crippen molar-refractivity contribution in [1.82, 2.24) is 9.97 Å². The Labute approximate surface area is 149 Å². The minimum atomic E-state index is -1.06. The molecule has 2 heterocycles. The molecule has 0 bridgehead atoms. The molecular weight excluding hydrogens is 338 g/mol. The summed E-state index contributed by atoms with van der Waals surface area (Å²) in [6.07, 6.45) is 6.66. The Balaban J connectivity index is 1.88. The van der Waals surface area contributed by atoms with Crippen LogP contribution in [0.4, 0.5) is 5.82 Å². The van der Waals surface area contributed by atoms with Gasteiger partial charge in [-0.05, 0) is 38.5 Å². The van der Waals surface area contributed by atoms with Crippen molar-refractivity contribution >= 4 is 31.6 Å². The molecule has 3 rings (SSSR count). The van der Waals surface area contributed by atoms with Crippen LogP contribution >= 0.6 is 11.8 Å². The molecule has 2 aliphatic rings. The largest absolute Gasteiger partial charge is 0.465 e. The summed E-state index contributed by atoms with van der Waals surface area (Å²) in [4.78, 5) is 21.6. The Morgan fingerprint density at radius 2 is 2.25 bits per heavy atom. The van der Waals surface area contributed by atoms with Crippen LogP contribution in [0.3, 0.4) is 0 Å². The van der Waals surface area contributed by atoms with E-state index in [-0.39, 0.29) is 5.97 Å². The van der Waals surface area contributed by atoms with Gasteiger partial charge >= 0.3 is 5.97 Å². The Bertz CT molecular complexity index is 634. The van der Waals surface area contributed by atoms with Crippen molar-refractivity contribution in [1.29, 1.82) is 0 Å². The van der Waals surface area contributed by atoms with Gasteiger partial charge in [-0.25, -0.2) is 9.97 Å². The average Bonchev–Trinajstić information content (AvgIpc) is 3.27. The second-order valence-corrected chi connectivity index (χ2v) is 13.7. The highest BCUT2D eigenvalue weighted by atomic mass is 32.2. The smallest absolute Gasteiger partial charge is 0.316 e. The van der Waals surface area contributed by atoms with Gasteiger partial charge in [-0.15, -0.1) is 0 Å². The third kappa shape index (κ3) is 3.47. The zero-order chi connectivity index (χ0) is 17.4. The standard InChI is InChI=1S/C17H27N3O2SSi/c1-5-22-15(21)17(7-8-17)13-10-18-16(23-2)20-14(13)19-12-6-9-24(3,4)11-12/h10,12H,5-9,11H2,1-4H3,(H,18,19,20). The number of carbonyl (C=O) groups is 1. The highest BCUT2D eigenvalue weighted by Crippen LogP contribution is 2.51. The Kier molecular flexibility index (Phi) is 4.93. The van der Waals surface area contributed by atoms with E-state index in [1.54, 1.807) is 0 Å². The van der Waals surface area contributed by atoms with Gasteiger partial charge in [-0.1, -0.05) is 30.9 Å². The van der Waals surface area contributed by atoms with E-state index in [4.69, 9.17) is 9.72 Å². The first kappa shape index (κ1) is 17.7. The van der Waals surface area contributed by atoms with Crippen molar-refractivity contribution in [2.45, 2.75) is 68.0 Å². The predicted octanol–water partition coefficient (Wildman–Crippen LogP) is 3.69. The fourth-order valence-electron chi connectivity index (χ4n) is 3.65. The van der Waals surface area contributed by atoms with Crippen LogP contribution < -0.4 is 5.32 Å². The molecule has 1 N–H and O–H groups in total. The van der Waals surface area contributed by atoms with Gasteiger partial charge in [-0.2, -0.15) is 0 Å². The van der Waals surface area contributed by atoms with Crippen LogP contribution in [0.25, 0.3) is 0 Å². The van der Waals surface area contributed by atoms with Crippen molar-refractivity contribution < 1.29 is 9.53 Å². The number of hydrogen-bond donors (Lipinski definition) is 1. The van der Waals surface area contributed by atoms with Crippen molar-refractivity contribution in [2.24, 2.45) is 0 Å². The van der Waals surface area contributed by atoms with Gasteiger partial charge in [0.05, 0.1) is 12.0 Å². The van der Waals surface area contributed by atoms with Crippen LogP contribution in [0.1, 0.15) is 31.7 Å². The zero-order valence-corrected chi connectivity index (χ0v) is 16.8. The van der Waals surface area contributed by atoms with Gasteiger partial charge in [0.1, 0.15) is 5.82 Å². The number of nitrogens with one attached hydrogen (secondary N) is 1. The first-order chi connectivity index (χ1) is 11.4. The van der Waals surface area contributed by atoms with E-state index in [1.807, 2.05) is 19.4 Å². The number of ether oxygens (including phenoxy) is 1. The normalized spacial score (nSPS) is 23.8. The summed E-state index contributed by atoms with van der Waals surface area (Å²) in [6, 6.07) is 3.08. The maximum absolute atomic E-state index is 12.5. The molecule has 7 heteroatoms. The van der Waals surface area contributed by atoms with Crippen molar-refractivity contribution in [2.75, 3.05) is 18.2 Å². The minimum Gasteiger partial charge on any atom is -0.465 e. The van der Waals surface area contributed by atoms with Crippen molar-refractivity contribution in [3.63, 3.8) is 0 Å². The molecule has 0 spiro atoms. The molecule has 132 valence electrons. The molecule has 1 unspecified atom stereocenters. The van der Waals surface area contributed by atoms with Gasteiger partial charge in [0.25, 0.3) is 0 Å². The molecule has 5 nitrogen and oxygen atoms in total. The monoisotopic (exact) mass is 365 g/mol. The predicted molar refractivity (Wildman–Crippen MR) is 100 cm³/mol. The van der Waals surface area contributed by atoms with Gasteiger partial charge in [0.15, 0.2) is 5.16 Å². The summed E-state index contributed by atoms with van der Waals surface area (Å²) in [5.41, 5.74) is 0.394. The molecule has 1 aromatic rings. The number of nitrogens with zero attached hydrogens (tertiary/aromatic N) is 2. The molecule has 1 aliphatic carbocycles. The lowest BCUT2D eigenvalue weighted by Gasteiger charge is -2.22. The molecular formula is C17H27N3O2SSi. The second kappa shape index (κ2) is 6.67. The average molecular weight is 366 g/mol. The molecule has 0 radical (unpaired) electrons. The topological polar surface area (TPSA) is 64.1 Å². The lowest BCUT2D eigenvalue weighted by molar-refractivity contribution is -0.146. The number of aromatic nitrogens is 2. The summed E-state index contributed by atoms with van der Waals surface area (Å²) in [6.45, 7) is 7.16. The lowest BCUT2D eigenvalue weighted by atomic mass is 9.97. The number of esters is 1. The summed E-state index contributed by atoms with van der Waals surface area (Å²) in [5.74, 6) is 0.714. The fourth-order valence-corrected chi connectivity index (χ4v) is 6.97. The van der Waals surface area contributed by atoms with E-state index in [0.29, 0.717) is 12.6 Å². The van der Waals surface area contributed by atoms with E-state index in [2.05, 4.69) is 23.4 Å². The summed E-state index contributed by atoms with van der Waals surface area (Å²) >= 11 is 1.53. The number of hydrogen-bond acceptors (Lipinski definition) is 6. The van der Waals surface area contributed by atoms with E-state index >= 15 is 0 Å². The Morgan fingerprint density at radius 1 is 1.50 bits per heavy atom. The lowest BCUT2D eigenvalue weighted by Crippen LogP contribution is -2.28. The second-order valence-electron chi connectivity index (χ2n) is 7.67. The summed E-state index contributed by atoms with van der Waals surface area (Å²) in [5, 5.41) is 4.39. The maximum Gasteiger partial charge on any atom is 0.316 e. The number of anilines is 1. The molecule has 24 heavy (non-hydrogen) atoms. The highest BCUT2D eigenvalue weighted by molar-refractivity contribution is 7.98. The maximum atomic E-state index is 12.5. The Hall–Kier alpha value is -1.08. The molecule has 1 saturated heterocycles. The highest BCUT2D eigenvalue weighted by Gasteiger charge is 2.55. The van der Waals surface area contributed by atoms with Crippen LogP contribution in [-0.2, 0) is 14.9 Å². The van der Waals surface area contributed by atoms with E-state index in [1.165, 1.54) is 30.3 Å². The van der Waals surface area contributed by atoms with Gasteiger partial charge in [0.2, 0.25) is 0 Å². The van der Waals surface area contributed by atoms with Gasteiger partial charge in [-0.3, -0.25) is 4.79 Å². The number of carbonyl (C=O) groups excluding carboxylic acids is 1. The molecule has 1 atom stereocenters. The molecule has 0 amide bonds. The van der Waals surface area contributed by atoms with Crippen LogP contribution in [-0.4, -0.2) is 42.9 Å². The summed E-state index contributed by atoms with van der Waals surface area (Å²) in [7, 11) is -1.06. The summed E-state index contributed by atoms with van der Waals surface area (Å²) < 4.78 is 5.32. The van der Waals surface area contributed by atoms with Crippen LogP contribution in [0.15, 0.2) is 11.4 Å². The quantitative estimate of drug-likeness (QED) is 0.359. The van der Waals surface area contributed by atoms with Gasteiger partial charge in [0, 0.05) is 25.9 Å². The first-order valence-electron chi connectivity index (χ1n) is 8.75. The molecule has 0 aromatic carbocycles. The molecule has 1 saturated carbocycles. The Morgan fingerprint density at radius 3 is 2.79 bits per heavy atom. The van der Waals surface area contributed by atoms with Crippen molar-refractivity contribution in [3.05, 3.63) is 11.8 Å². The van der Waals surface area contributed by atoms with Crippen molar-refractivity contribution in [3.8, 4) is 0 Å². The number of rotatable bonds is 6. The number of thioether (sulfide) groups is 1. The van der Waals surface area contributed by atoms with E-state index in [9.17, 15) is 4.79 Å². The third-order valence-electron chi connectivity index (χ3n) is 5.19. The van der Waals surface area contributed by atoms with Crippen LogP contribution in [0.5, 0.6) is 0 Å². The van der Waals surface area contributed by atoms with Crippen LogP contribution in [0, 0.1) is 0 Å². The first-order valence-corrected chi connectivity index (χ1v) is 13.4. The molecule has 1 aromatic heterocycles. The molecule has 2 fully saturated rings.